The first kappa shape index (κ1) is 21.4. The van der Waals surface area contributed by atoms with E-state index in [1.807, 2.05) is 25.1 Å². The third-order valence-corrected chi connectivity index (χ3v) is 3.82. The van der Waals surface area contributed by atoms with E-state index >= 15 is 0 Å². The third-order valence-electron chi connectivity index (χ3n) is 3.82. The van der Waals surface area contributed by atoms with Gasteiger partial charge in [0.25, 0.3) is 0 Å². The zero-order chi connectivity index (χ0) is 19.2. The molecule has 0 unspecified atom stereocenters. The van der Waals surface area contributed by atoms with Gasteiger partial charge in [0.1, 0.15) is 13.2 Å². The summed E-state index contributed by atoms with van der Waals surface area (Å²) in [6.07, 6.45) is 0.606. The number of fused-ring (bicyclic) bond motifs is 1. The van der Waals surface area contributed by atoms with E-state index in [-0.39, 0.29) is 0 Å². The summed E-state index contributed by atoms with van der Waals surface area (Å²) in [6.45, 7) is 6.66. The SMILES string of the molecule is CCC(=NO)c1ccc2c(c1)OCCOCCOCCOCCOCCO2. The van der Waals surface area contributed by atoms with Crippen molar-refractivity contribution in [2.24, 2.45) is 5.16 Å². The quantitative estimate of drug-likeness (QED) is 0.475. The second kappa shape index (κ2) is 13.3. The van der Waals surface area contributed by atoms with Gasteiger partial charge >= 0.3 is 0 Å². The van der Waals surface area contributed by atoms with Crippen molar-refractivity contribution in [1.82, 2.24) is 0 Å². The van der Waals surface area contributed by atoms with Crippen LogP contribution in [-0.2, 0) is 18.9 Å². The van der Waals surface area contributed by atoms with E-state index in [4.69, 9.17) is 33.6 Å². The van der Waals surface area contributed by atoms with Crippen molar-refractivity contribution in [1.29, 1.82) is 0 Å². The second-order valence-corrected chi connectivity index (χ2v) is 5.71. The molecule has 0 saturated carbocycles. The maximum Gasteiger partial charge on any atom is 0.161 e. The van der Waals surface area contributed by atoms with Crippen LogP contribution >= 0.6 is 0 Å². The lowest BCUT2D eigenvalue weighted by Gasteiger charge is -2.15. The van der Waals surface area contributed by atoms with Gasteiger partial charge in [0, 0.05) is 5.56 Å². The van der Waals surface area contributed by atoms with Gasteiger partial charge in [-0.05, 0) is 24.6 Å². The highest BCUT2D eigenvalue weighted by molar-refractivity contribution is 6.00. The van der Waals surface area contributed by atoms with Crippen LogP contribution in [0.2, 0.25) is 0 Å². The number of nitrogens with zero attached hydrogens (tertiary/aromatic N) is 1. The highest BCUT2D eigenvalue weighted by Crippen LogP contribution is 2.29. The van der Waals surface area contributed by atoms with Gasteiger partial charge in [-0.3, -0.25) is 0 Å². The molecule has 8 heteroatoms. The predicted octanol–water partition coefficient (Wildman–Crippen LogP) is 2.11. The lowest BCUT2D eigenvalue weighted by Crippen LogP contribution is -2.16. The van der Waals surface area contributed by atoms with Crippen molar-refractivity contribution >= 4 is 5.71 Å². The molecular formula is C19H29NO7. The van der Waals surface area contributed by atoms with Gasteiger partial charge in [-0.15, -0.1) is 0 Å². The van der Waals surface area contributed by atoms with Crippen LogP contribution < -0.4 is 9.47 Å². The van der Waals surface area contributed by atoms with Crippen LogP contribution in [0.15, 0.2) is 23.4 Å². The molecule has 1 aliphatic heterocycles. The van der Waals surface area contributed by atoms with E-state index in [1.54, 1.807) is 0 Å². The number of rotatable bonds is 2. The van der Waals surface area contributed by atoms with Crippen molar-refractivity contribution in [2.45, 2.75) is 13.3 Å². The minimum atomic E-state index is 0.372. The fourth-order valence-corrected chi connectivity index (χ4v) is 2.44. The minimum Gasteiger partial charge on any atom is -0.487 e. The molecular weight excluding hydrogens is 354 g/mol. The van der Waals surface area contributed by atoms with Crippen molar-refractivity contribution in [3.63, 3.8) is 0 Å². The molecule has 152 valence electrons. The Morgan fingerprint density at radius 3 is 1.74 bits per heavy atom. The van der Waals surface area contributed by atoms with Crippen LogP contribution in [0.25, 0.3) is 0 Å². The summed E-state index contributed by atoms with van der Waals surface area (Å²) in [5.41, 5.74) is 1.37. The van der Waals surface area contributed by atoms with Crippen molar-refractivity contribution < 1.29 is 33.6 Å². The molecule has 0 spiro atoms. The first-order valence-electron chi connectivity index (χ1n) is 9.27. The van der Waals surface area contributed by atoms with Crippen LogP contribution in [-0.4, -0.2) is 77.0 Å². The summed E-state index contributed by atoms with van der Waals surface area (Å²) in [5.74, 6) is 1.18. The van der Waals surface area contributed by atoms with E-state index in [1.165, 1.54) is 0 Å². The lowest BCUT2D eigenvalue weighted by molar-refractivity contribution is -0.00841. The van der Waals surface area contributed by atoms with Crippen molar-refractivity contribution in [2.75, 3.05) is 66.1 Å². The number of ether oxygens (including phenoxy) is 6. The van der Waals surface area contributed by atoms with Gasteiger partial charge in [0.2, 0.25) is 0 Å². The average molecular weight is 383 g/mol. The summed E-state index contributed by atoms with van der Waals surface area (Å²) in [6, 6.07) is 5.46. The molecule has 27 heavy (non-hydrogen) atoms. The molecule has 0 atom stereocenters. The van der Waals surface area contributed by atoms with Crippen LogP contribution in [0.4, 0.5) is 0 Å². The van der Waals surface area contributed by atoms with E-state index in [9.17, 15) is 0 Å². The van der Waals surface area contributed by atoms with Crippen molar-refractivity contribution in [3.8, 4) is 11.5 Å². The second-order valence-electron chi connectivity index (χ2n) is 5.71. The maximum atomic E-state index is 9.14. The lowest BCUT2D eigenvalue weighted by atomic mass is 10.1. The molecule has 0 aromatic heterocycles. The van der Waals surface area contributed by atoms with Crippen molar-refractivity contribution in [3.05, 3.63) is 23.8 Å². The molecule has 8 nitrogen and oxygen atoms in total. The monoisotopic (exact) mass is 383 g/mol. The normalized spacial score (nSPS) is 19.1. The van der Waals surface area contributed by atoms with E-state index in [0.717, 1.165) is 5.56 Å². The Morgan fingerprint density at radius 1 is 0.778 bits per heavy atom. The van der Waals surface area contributed by atoms with Crippen LogP contribution in [0.1, 0.15) is 18.9 Å². The molecule has 0 saturated heterocycles. The van der Waals surface area contributed by atoms with E-state index < -0.39 is 0 Å². The van der Waals surface area contributed by atoms with E-state index in [2.05, 4.69) is 5.16 Å². The molecule has 1 aliphatic rings. The van der Waals surface area contributed by atoms with Crippen LogP contribution in [0, 0.1) is 0 Å². The molecule has 0 fully saturated rings. The molecule has 1 aromatic rings. The number of oxime groups is 1. The Bertz CT molecular complexity index is 565. The molecule has 0 amide bonds. The van der Waals surface area contributed by atoms with E-state index in [0.29, 0.717) is 89.7 Å². The average Bonchev–Trinajstić information content (AvgIpc) is 2.69. The Hall–Kier alpha value is -1.87. The Kier molecular flexibility index (Phi) is 10.6. The van der Waals surface area contributed by atoms with Crippen LogP contribution in [0.5, 0.6) is 11.5 Å². The summed E-state index contributed by atoms with van der Waals surface area (Å²) >= 11 is 0. The van der Waals surface area contributed by atoms with Gasteiger partial charge in [-0.2, -0.15) is 0 Å². The van der Waals surface area contributed by atoms with Gasteiger partial charge in [-0.25, -0.2) is 0 Å². The standard InChI is InChI=1S/C19H29NO7/c1-2-17(20-21)16-3-4-18-19(15-16)27-14-12-25-10-8-23-6-5-22-7-9-24-11-13-26-18/h3-4,15,21H,2,5-14H2,1H3. The summed E-state index contributed by atoms with van der Waals surface area (Å²) in [5, 5.41) is 12.5. The molecule has 0 radical (unpaired) electrons. The number of benzene rings is 1. The largest absolute Gasteiger partial charge is 0.487 e. The first-order valence-corrected chi connectivity index (χ1v) is 9.27. The summed E-state index contributed by atoms with van der Waals surface area (Å²) in [7, 11) is 0. The van der Waals surface area contributed by atoms with Gasteiger partial charge in [0.05, 0.1) is 58.6 Å². The van der Waals surface area contributed by atoms with Gasteiger partial charge in [0.15, 0.2) is 11.5 Å². The summed E-state index contributed by atoms with van der Waals surface area (Å²) < 4.78 is 33.4. The molecule has 1 aromatic carbocycles. The molecule has 1 heterocycles. The summed E-state index contributed by atoms with van der Waals surface area (Å²) in [4.78, 5) is 0. The number of hydrogen-bond acceptors (Lipinski definition) is 8. The topological polar surface area (TPSA) is 88.0 Å². The van der Waals surface area contributed by atoms with Gasteiger partial charge in [-0.1, -0.05) is 12.1 Å². The fourth-order valence-electron chi connectivity index (χ4n) is 2.44. The molecule has 2 rings (SSSR count). The predicted molar refractivity (Wildman–Crippen MR) is 99.3 cm³/mol. The zero-order valence-electron chi connectivity index (χ0n) is 15.9. The molecule has 0 aliphatic carbocycles. The molecule has 1 N–H and O–H groups in total. The third kappa shape index (κ3) is 8.13. The fraction of sp³-hybridized carbons (Fsp3) is 0.632. The Balaban J connectivity index is 2.00. The number of hydrogen-bond donors (Lipinski definition) is 1. The smallest absolute Gasteiger partial charge is 0.161 e. The highest BCUT2D eigenvalue weighted by Gasteiger charge is 2.11. The zero-order valence-corrected chi connectivity index (χ0v) is 15.9. The minimum absolute atomic E-state index is 0.372. The Labute approximate surface area is 159 Å². The van der Waals surface area contributed by atoms with Gasteiger partial charge < -0.3 is 33.6 Å². The Morgan fingerprint density at radius 2 is 1.26 bits per heavy atom. The highest BCUT2D eigenvalue weighted by atomic mass is 16.6. The molecule has 0 bridgehead atoms. The van der Waals surface area contributed by atoms with Crippen LogP contribution in [0.3, 0.4) is 0 Å². The maximum absolute atomic E-state index is 9.14. The first-order chi connectivity index (χ1) is 13.3.